The van der Waals surface area contributed by atoms with Crippen LogP contribution >= 0.6 is 24.0 Å². The van der Waals surface area contributed by atoms with Crippen molar-refractivity contribution in [3.05, 3.63) is 45.1 Å². The third kappa shape index (κ3) is 4.30. The van der Waals surface area contributed by atoms with Crippen molar-refractivity contribution in [2.75, 3.05) is 24.5 Å². The Bertz CT molecular complexity index is 1110. The van der Waals surface area contributed by atoms with Crippen LogP contribution in [0.25, 0.3) is 17.0 Å². The van der Waals surface area contributed by atoms with Gasteiger partial charge in [-0.1, -0.05) is 56.0 Å². The molecule has 2 saturated heterocycles. The number of rotatable bonds is 5. The highest BCUT2D eigenvalue weighted by Gasteiger charge is 2.33. The summed E-state index contributed by atoms with van der Waals surface area (Å²) in [5, 5.41) is 1.05. The molecule has 0 atom stereocenters. The standard InChI is InChI=1S/C24H29N3O2S2/c1-16(2)11-14-27-23(29)20(31-24(27)30)15-18-21(26-12-7-4-8-13-26)17-9-5-6-10-19(17)25(3)22(18)28/h5-6,9-10,15-16H,4,7-8,11-14H2,1-3H3. The van der Waals surface area contributed by atoms with E-state index in [0.717, 1.165) is 48.9 Å². The summed E-state index contributed by atoms with van der Waals surface area (Å²) in [5.74, 6) is 0.405. The van der Waals surface area contributed by atoms with Crippen molar-refractivity contribution < 1.29 is 4.79 Å². The molecule has 3 heterocycles. The fourth-order valence-electron chi connectivity index (χ4n) is 4.30. The first-order valence-corrected chi connectivity index (χ1v) is 12.2. The predicted octanol–water partition coefficient (Wildman–Crippen LogP) is 4.78. The second-order valence-electron chi connectivity index (χ2n) is 8.71. The number of thiocarbonyl (C=S) groups is 1. The van der Waals surface area contributed by atoms with Crippen LogP contribution in [0.2, 0.25) is 0 Å². The number of aromatic nitrogens is 1. The molecule has 5 nitrogen and oxygen atoms in total. The van der Waals surface area contributed by atoms with E-state index in [1.54, 1.807) is 22.6 Å². The Balaban J connectivity index is 1.84. The Morgan fingerprint density at radius 2 is 1.84 bits per heavy atom. The molecule has 0 N–H and O–H groups in total. The first-order chi connectivity index (χ1) is 14.9. The molecule has 0 bridgehead atoms. The van der Waals surface area contributed by atoms with E-state index in [-0.39, 0.29) is 11.5 Å². The van der Waals surface area contributed by atoms with Gasteiger partial charge in [-0.15, -0.1) is 0 Å². The van der Waals surface area contributed by atoms with Crippen molar-refractivity contribution in [2.45, 2.75) is 39.5 Å². The van der Waals surface area contributed by atoms with Crippen LogP contribution in [0.4, 0.5) is 5.69 Å². The molecule has 164 valence electrons. The summed E-state index contributed by atoms with van der Waals surface area (Å²) in [4.78, 5) is 31.1. The van der Waals surface area contributed by atoms with Crippen LogP contribution < -0.4 is 10.5 Å². The van der Waals surface area contributed by atoms with Crippen molar-refractivity contribution in [1.82, 2.24) is 9.47 Å². The van der Waals surface area contributed by atoms with E-state index in [2.05, 4.69) is 24.8 Å². The first-order valence-electron chi connectivity index (χ1n) is 11.0. The highest BCUT2D eigenvalue weighted by molar-refractivity contribution is 8.26. The predicted molar refractivity (Wildman–Crippen MR) is 135 cm³/mol. The number of thioether (sulfide) groups is 1. The number of anilines is 1. The molecule has 0 unspecified atom stereocenters. The first kappa shape index (κ1) is 22.1. The Kier molecular flexibility index (Phi) is 6.53. The van der Waals surface area contributed by atoms with E-state index < -0.39 is 0 Å². The summed E-state index contributed by atoms with van der Waals surface area (Å²) in [6, 6.07) is 8.03. The van der Waals surface area contributed by atoms with Gasteiger partial charge in [-0.25, -0.2) is 0 Å². The zero-order chi connectivity index (χ0) is 22.1. The Labute approximate surface area is 193 Å². The van der Waals surface area contributed by atoms with E-state index in [1.807, 2.05) is 18.2 Å². The van der Waals surface area contributed by atoms with Crippen LogP contribution in [0.3, 0.4) is 0 Å². The molecule has 1 aromatic heterocycles. The number of hydrogen-bond donors (Lipinski definition) is 0. The molecule has 2 aliphatic heterocycles. The molecular weight excluding hydrogens is 426 g/mol. The third-order valence-corrected chi connectivity index (χ3v) is 7.44. The molecule has 1 aromatic carbocycles. The molecular formula is C24H29N3O2S2. The second kappa shape index (κ2) is 9.17. The number of piperidine rings is 1. The fourth-order valence-corrected chi connectivity index (χ4v) is 5.59. The maximum absolute atomic E-state index is 13.4. The zero-order valence-electron chi connectivity index (χ0n) is 18.4. The molecule has 2 aliphatic rings. The summed E-state index contributed by atoms with van der Waals surface area (Å²) in [5.41, 5.74) is 2.37. The molecule has 0 radical (unpaired) electrons. The molecule has 31 heavy (non-hydrogen) atoms. The van der Waals surface area contributed by atoms with E-state index in [4.69, 9.17) is 12.2 Å². The molecule has 1 amide bonds. The van der Waals surface area contributed by atoms with E-state index in [9.17, 15) is 9.59 Å². The number of pyridine rings is 1. The summed E-state index contributed by atoms with van der Waals surface area (Å²) in [6.07, 6.45) is 6.12. The lowest BCUT2D eigenvalue weighted by atomic mass is 10.0. The van der Waals surface area contributed by atoms with Gasteiger partial charge in [0.1, 0.15) is 4.32 Å². The van der Waals surface area contributed by atoms with Crippen molar-refractivity contribution in [3.8, 4) is 0 Å². The van der Waals surface area contributed by atoms with E-state index >= 15 is 0 Å². The van der Waals surface area contributed by atoms with E-state index in [0.29, 0.717) is 27.3 Å². The van der Waals surface area contributed by atoms with Gasteiger partial charge in [-0.3, -0.25) is 14.5 Å². The number of carbonyl (C=O) groups excluding carboxylic acids is 1. The quantitative estimate of drug-likeness (QED) is 0.480. The highest BCUT2D eigenvalue weighted by atomic mass is 32.2. The average Bonchev–Trinajstić information content (AvgIpc) is 3.03. The molecule has 0 aliphatic carbocycles. The lowest BCUT2D eigenvalue weighted by Crippen LogP contribution is -2.33. The van der Waals surface area contributed by atoms with Crippen molar-refractivity contribution in [2.24, 2.45) is 13.0 Å². The minimum atomic E-state index is -0.0875. The van der Waals surface area contributed by atoms with Gasteiger partial charge < -0.3 is 9.47 Å². The molecule has 0 spiro atoms. The highest BCUT2D eigenvalue weighted by Crippen LogP contribution is 2.36. The molecule has 2 aromatic rings. The van der Waals surface area contributed by atoms with Crippen molar-refractivity contribution >= 4 is 56.9 Å². The van der Waals surface area contributed by atoms with Gasteiger partial charge in [0.2, 0.25) is 0 Å². The number of benzene rings is 1. The van der Waals surface area contributed by atoms with Crippen LogP contribution in [0.5, 0.6) is 0 Å². The minimum absolute atomic E-state index is 0.0771. The summed E-state index contributed by atoms with van der Waals surface area (Å²) >= 11 is 6.80. The smallest absolute Gasteiger partial charge is 0.266 e. The fraction of sp³-hybridized carbons (Fsp3) is 0.458. The van der Waals surface area contributed by atoms with Crippen LogP contribution in [-0.2, 0) is 11.8 Å². The zero-order valence-corrected chi connectivity index (χ0v) is 20.0. The topological polar surface area (TPSA) is 45.6 Å². The number of hydrogen-bond acceptors (Lipinski definition) is 5. The normalized spacial score (nSPS) is 18.8. The number of fused-ring (bicyclic) bond motifs is 1. The van der Waals surface area contributed by atoms with Crippen LogP contribution in [0.15, 0.2) is 34.0 Å². The van der Waals surface area contributed by atoms with Crippen molar-refractivity contribution in [1.29, 1.82) is 0 Å². The number of para-hydroxylation sites is 1. The Morgan fingerprint density at radius 3 is 2.55 bits per heavy atom. The molecule has 4 rings (SSSR count). The van der Waals surface area contributed by atoms with Crippen LogP contribution in [0.1, 0.15) is 45.1 Å². The summed E-state index contributed by atoms with van der Waals surface area (Å²) < 4.78 is 2.27. The van der Waals surface area contributed by atoms with Gasteiger partial charge in [0.15, 0.2) is 0 Å². The van der Waals surface area contributed by atoms with Gasteiger partial charge in [0, 0.05) is 32.1 Å². The van der Waals surface area contributed by atoms with Gasteiger partial charge in [0.25, 0.3) is 11.5 Å². The summed E-state index contributed by atoms with van der Waals surface area (Å²) in [7, 11) is 1.80. The molecule has 2 fully saturated rings. The average molecular weight is 456 g/mol. The Hall–Kier alpha value is -2.12. The lowest BCUT2D eigenvalue weighted by molar-refractivity contribution is -0.122. The number of carbonyl (C=O) groups is 1. The maximum Gasteiger partial charge on any atom is 0.266 e. The number of nitrogens with zero attached hydrogens (tertiary/aromatic N) is 3. The second-order valence-corrected chi connectivity index (χ2v) is 10.4. The Morgan fingerprint density at radius 1 is 1.13 bits per heavy atom. The van der Waals surface area contributed by atoms with Gasteiger partial charge >= 0.3 is 0 Å². The largest absolute Gasteiger partial charge is 0.370 e. The maximum atomic E-state index is 13.4. The van der Waals surface area contributed by atoms with Gasteiger partial charge in [-0.05, 0) is 43.7 Å². The van der Waals surface area contributed by atoms with E-state index in [1.165, 1.54) is 18.2 Å². The number of aryl methyl sites for hydroxylation is 1. The molecule has 7 heteroatoms. The van der Waals surface area contributed by atoms with Crippen LogP contribution in [0, 0.1) is 5.92 Å². The monoisotopic (exact) mass is 455 g/mol. The third-order valence-electron chi connectivity index (χ3n) is 6.06. The lowest BCUT2D eigenvalue weighted by Gasteiger charge is -2.31. The van der Waals surface area contributed by atoms with Crippen molar-refractivity contribution in [3.63, 3.8) is 0 Å². The SMILES string of the molecule is CC(C)CCN1C(=O)C(=Cc2c(N3CCCCC3)c3ccccc3n(C)c2=O)SC1=S. The minimum Gasteiger partial charge on any atom is -0.370 e. The molecule has 0 saturated carbocycles. The summed E-state index contributed by atoms with van der Waals surface area (Å²) in [6.45, 7) is 6.74. The van der Waals surface area contributed by atoms with Gasteiger partial charge in [0.05, 0.1) is 21.7 Å². The van der Waals surface area contributed by atoms with Gasteiger partial charge in [-0.2, -0.15) is 0 Å². The van der Waals surface area contributed by atoms with Crippen LogP contribution in [-0.4, -0.2) is 39.3 Å². The number of amides is 1.